The molecule has 1 aliphatic heterocycles. The van der Waals surface area contributed by atoms with Crippen molar-refractivity contribution in [1.29, 1.82) is 0 Å². The zero-order valence-electron chi connectivity index (χ0n) is 13.8. The van der Waals surface area contributed by atoms with Gasteiger partial charge in [0.2, 0.25) is 5.91 Å². The number of aliphatic imine (C=N–C) groups is 1. The molecule has 1 aliphatic rings. The largest absolute Gasteiger partial charge is 0.304 e. The van der Waals surface area contributed by atoms with Gasteiger partial charge in [0.15, 0.2) is 5.17 Å². The number of amides is 1. The molecular formula is C17H25N3OS. The second kappa shape index (κ2) is 7.27. The third-order valence-electron chi connectivity index (χ3n) is 4.35. The molecule has 1 N–H and O–H groups in total. The first-order valence-electron chi connectivity index (χ1n) is 7.98. The fraction of sp³-hybridized carbons (Fsp3) is 0.588. The fourth-order valence-electron chi connectivity index (χ4n) is 2.76. The fourth-order valence-corrected chi connectivity index (χ4v) is 3.92. The van der Waals surface area contributed by atoms with Crippen LogP contribution in [0.3, 0.4) is 0 Å². The second-order valence-electron chi connectivity index (χ2n) is 6.03. The molecule has 2 unspecified atom stereocenters. The van der Waals surface area contributed by atoms with E-state index in [1.54, 1.807) is 12.4 Å². The second-order valence-corrected chi connectivity index (χ2v) is 7.43. The SMILES string of the molecule is CCC(CC)CC(C)N=C1NC(=O)C(C)(c2ccncc2)S1. The molecule has 2 rings (SSSR count). The topological polar surface area (TPSA) is 54.4 Å². The van der Waals surface area contributed by atoms with Crippen molar-refractivity contribution in [3.63, 3.8) is 0 Å². The Morgan fingerprint density at radius 2 is 1.95 bits per heavy atom. The molecule has 0 radical (unpaired) electrons. The van der Waals surface area contributed by atoms with Crippen LogP contribution in [0.4, 0.5) is 0 Å². The van der Waals surface area contributed by atoms with E-state index < -0.39 is 4.75 Å². The maximum atomic E-state index is 12.4. The number of nitrogens with zero attached hydrogens (tertiary/aromatic N) is 2. The molecule has 5 heteroatoms. The van der Waals surface area contributed by atoms with Crippen LogP contribution in [0.25, 0.3) is 0 Å². The molecule has 2 atom stereocenters. The van der Waals surface area contributed by atoms with E-state index in [4.69, 9.17) is 4.99 Å². The maximum Gasteiger partial charge on any atom is 0.246 e. The molecule has 2 heterocycles. The number of rotatable bonds is 6. The first-order chi connectivity index (χ1) is 10.5. The first kappa shape index (κ1) is 17.0. The summed E-state index contributed by atoms with van der Waals surface area (Å²) >= 11 is 1.51. The van der Waals surface area contributed by atoms with Gasteiger partial charge in [0.1, 0.15) is 4.75 Å². The lowest BCUT2D eigenvalue weighted by Gasteiger charge is -2.18. The molecule has 0 aliphatic carbocycles. The summed E-state index contributed by atoms with van der Waals surface area (Å²) in [6.45, 7) is 8.51. The number of carbonyl (C=O) groups is 1. The summed E-state index contributed by atoms with van der Waals surface area (Å²) < 4.78 is -0.615. The van der Waals surface area contributed by atoms with Crippen molar-refractivity contribution < 1.29 is 4.79 Å². The number of amidine groups is 1. The number of nitrogens with one attached hydrogen (secondary N) is 1. The standard InChI is InChI=1S/C17H25N3OS/c1-5-13(6-2)11-12(3)19-16-20-15(21)17(4,22-16)14-7-9-18-10-8-14/h7-10,12-13H,5-6,11H2,1-4H3,(H,19,20,21). The minimum Gasteiger partial charge on any atom is -0.304 e. The van der Waals surface area contributed by atoms with Crippen molar-refractivity contribution in [2.45, 2.75) is 57.7 Å². The van der Waals surface area contributed by atoms with Gasteiger partial charge >= 0.3 is 0 Å². The third kappa shape index (κ3) is 3.69. The van der Waals surface area contributed by atoms with Crippen LogP contribution < -0.4 is 5.32 Å². The highest BCUT2D eigenvalue weighted by Crippen LogP contribution is 2.41. The summed E-state index contributed by atoms with van der Waals surface area (Å²) in [5.41, 5.74) is 0.961. The Kier molecular flexibility index (Phi) is 5.62. The van der Waals surface area contributed by atoms with Gasteiger partial charge in [-0.3, -0.25) is 14.8 Å². The van der Waals surface area contributed by atoms with Gasteiger partial charge in [0.25, 0.3) is 0 Å². The Balaban J connectivity index is 2.10. The van der Waals surface area contributed by atoms with Crippen LogP contribution in [0.15, 0.2) is 29.5 Å². The molecule has 1 saturated heterocycles. The number of thioether (sulfide) groups is 1. The van der Waals surface area contributed by atoms with E-state index in [-0.39, 0.29) is 11.9 Å². The number of hydrogen-bond donors (Lipinski definition) is 1. The highest BCUT2D eigenvalue weighted by Gasteiger charge is 2.44. The van der Waals surface area contributed by atoms with E-state index in [0.717, 1.165) is 17.2 Å². The van der Waals surface area contributed by atoms with E-state index in [1.165, 1.54) is 24.6 Å². The normalized spacial score (nSPS) is 24.8. The van der Waals surface area contributed by atoms with Crippen molar-refractivity contribution in [3.8, 4) is 0 Å². The van der Waals surface area contributed by atoms with E-state index in [2.05, 4.69) is 31.1 Å². The van der Waals surface area contributed by atoms with Crippen molar-refractivity contribution in [2.24, 2.45) is 10.9 Å². The van der Waals surface area contributed by atoms with E-state index in [9.17, 15) is 4.79 Å². The van der Waals surface area contributed by atoms with Crippen LogP contribution in [0.5, 0.6) is 0 Å². The minimum atomic E-state index is -0.615. The van der Waals surface area contributed by atoms with Crippen LogP contribution in [0.1, 0.15) is 52.5 Å². The summed E-state index contributed by atoms with van der Waals surface area (Å²) in [6.07, 6.45) is 6.87. The zero-order valence-corrected chi connectivity index (χ0v) is 14.6. The predicted molar refractivity (Wildman–Crippen MR) is 92.9 cm³/mol. The summed E-state index contributed by atoms with van der Waals surface area (Å²) in [6, 6.07) is 4.01. The molecular weight excluding hydrogens is 294 g/mol. The third-order valence-corrected chi connectivity index (χ3v) is 5.58. The first-order valence-corrected chi connectivity index (χ1v) is 8.80. The smallest absolute Gasteiger partial charge is 0.246 e. The molecule has 120 valence electrons. The Labute approximate surface area is 137 Å². The average molecular weight is 319 g/mol. The molecule has 0 aromatic carbocycles. The van der Waals surface area contributed by atoms with Gasteiger partial charge in [-0.25, -0.2) is 0 Å². The van der Waals surface area contributed by atoms with Gasteiger partial charge in [0.05, 0.1) is 6.04 Å². The van der Waals surface area contributed by atoms with E-state index in [0.29, 0.717) is 5.92 Å². The molecule has 1 fully saturated rings. The van der Waals surface area contributed by atoms with Gasteiger partial charge < -0.3 is 5.32 Å². The van der Waals surface area contributed by atoms with Gasteiger partial charge in [-0.2, -0.15) is 0 Å². The lowest BCUT2D eigenvalue weighted by atomic mass is 9.96. The number of hydrogen-bond acceptors (Lipinski definition) is 4. The van der Waals surface area contributed by atoms with Crippen molar-refractivity contribution in [1.82, 2.24) is 10.3 Å². The molecule has 22 heavy (non-hydrogen) atoms. The minimum absolute atomic E-state index is 0.00261. The quantitative estimate of drug-likeness (QED) is 0.869. The monoisotopic (exact) mass is 319 g/mol. The summed E-state index contributed by atoms with van der Waals surface area (Å²) in [5, 5.41) is 3.68. The molecule has 1 amide bonds. The van der Waals surface area contributed by atoms with Gasteiger partial charge in [-0.1, -0.05) is 38.5 Å². The molecule has 0 saturated carbocycles. The van der Waals surface area contributed by atoms with Crippen LogP contribution in [-0.4, -0.2) is 22.1 Å². The zero-order chi connectivity index (χ0) is 16.2. The van der Waals surface area contributed by atoms with E-state index >= 15 is 0 Å². The summed E-state index contributed by atoms with van der Waals surface area (Å²) in [4.78, 5) is 21.1. The van der Waals surface area contributed by atoms with Crippen molar-refractivity contribution in [3.05, 3.63) is 30.1 Å². The van der Waals surface area contributed by atoms with Gasteiger partial charge in [-0.15, -0.1) is 0 Å². The van der Waals surface area contributed by atoms with Crippen LogP contribution in [0.2, 0.25) is 0 Å². The maximum absolute atomic E-state index is 12.4. The lowest BCUT2D eigenvalue weighted by Crippen LogP contribution is -2.31. The Bertz CT molecular complexity index is 542. The van der Waals surface area contributed by atoms with E-state index in [1.807, 2.05) is 19.1 Å². The number of aromatic nitrogens is 1. The van der Waals surface area contributed by atoms with Crippen LogP contribution in [-0.2, 0) is 9.54 Å². The van der Waals surface area contributed by atoms with Crippen LogP contribution in [0, 0.1) is 5.92 Å². The van der Waals surface area contributed by atoms with Gasteiger partial charge in [-0.05, 0) is 43.9 Å². The molecule has 1 aromatic heterocycles. The molecule has 0 spiro atoms. The molecule has 4 nitrogen and oxygen atoms in total. The lowest BCUT2D eigenvalue weighted by molar-refractivity contribution is -0.121. The Hall–Kier alpha value is -1.36. The summed E-state index contributed by atoms with van der Waals surface area (Å²) in [5.74, 6) is 0.699. The number of pyridine rings is 1. The Morgan fingerprint density at radius 1 is 1.32 bits per heavy atom. The molecule has 1 aromatic rings. The van der Waals surface area contributed by atoms with Crippen molar-refractivity contribution in [2.75, 3.05) is 0 Å². The van der Waals surface area contributed by atoms with Gasteiger partial charge in [0, 0.05) is 12.4 Å². The van der Waals surface area contributed by atoms with Crippen molar-refractivity contribution >= 4 is 22.8 Å². The average Bonchev–Trinajstić information content (AvgIpc) is 2.81. The highest BCUT2D eigenvalue weighted by molar-refractivity contribution is 8.15. The molecule has 0 bridgehead atoms. The predicted octanol–water partition coefficient (Wildman–Crippen LogP) is 3.73. The number of carbonyl (C=O) groups excluding carboxylic acids is 1. The summed E-state index contributed by atoms with van der Waals surface area (Å²) in [7, 11) is 0. The highest BCUT2D eigenvalue weighted by atomic mass is 32.2. The van der Waals surface area contributed by atoms with Crippen LogP contribution >= 0.6 is 11.8 Å². The Morgan fingerprint density at radius 3 is 2.55 bits per heavy atom.